The van der Waals surface area contributed by atoms with Gasteiger partial charge in [0.25, 0.3) is 0 Å². The molecular formula is C10H15NO. The molecule has 0 radical (unpaired) electrons. The molecule has 0 aromatic heterocycles. The highest BCUT2D eigenvalue weighted by atomic mass is 16.3. The van der Waals surface area contributed by atoms with E-state index in [-0.39, 0.29) is 6.04 Å². The van der Waals surface area contributed by atoms with Crippen LogP contribution in [0.15, 0.2) is 30.3 Å². The minimum absolute atomic E-state index is 0.254. The molecule has 66 valence electrons. The number of hydrogen-bond donors (Lipinski definition) is 2. The van der Waals surface area contributed by atoms with E-state index < -0.39 is 6.10 Å². The fourth-order valence-electron chi connectivity index (χ4n) is 1.15. The molecular weight excluding hydrogens is 150 g/mol. The van der Waals surface area contributed by atoms with Crippen LogP contribution in [-0.4, -0.2) is 11.2 Å². The Morgan fingerprint density at radius 3 is 2.42 bits per heavy atom. The molecule has 1 aromatic carbocycles. The van der Waals surface area contributed by atoms with E-state index >= 15 is 0 Å². The van der Waals surface area contributed by atoms with Crippen LogP contribution in [0.1, 0.15) is 24.9 Å². The van der Waals surface area contributed by atoms with E-state index in [1.807, 2.05) is 37.3 Å². The van der Waals surface area contributed by atoms with Gasteiger partial charge in [-0.25, -0.2) is 0 Å². The molecule has 0 unspecified atom stereocenters. The Hall–Kier alpha value is -0.860. The molecule has 1 rings (SSSR count). The van der Waals surface area contributed by atoms with Crippen molar-refractivity contribution in [2.24, 2.45) is 5.73 Å². The molecule has 0 fully saturated rings. The molecule has 1 aromatic rings. The zero-order valence-corrected chi connectivity index (χ0v) is 7.27. The van der Waals surface area contributed by atoms with E-state index in [4.69, 9.17) is 5.73 Å². The highest BCUT2D eigenvalue weighted by Gasteiger charge is 2.13. The van der Waals surface area contributed by atoms with Crippen LogP contribution < -0.4 is 5.73 Å². The van der Waals surface area contributed by atoms with Crippen molar-refractivity contribution in [2.45, 2.75) is 25.5 Å². The van der Waals surface area contributed by atoms with Gasteiger partial charge in [0.2, 0.25) is 0 Å². The molecule has 12 heavy (non-hydrogen) atoms. The fraction of sp³-hybridized carbons (Fsp3) is 0.400. The van der Waals surface area contributed by atoms with Crippen LogP contribution in [0.25, 0.3) is 0 Å². The molecule has 0 aliphatic rings. The second-order valence-corrected chi connectivity index (χ2v) is 2.91. The summed E-state index contributed by atoms with van der Waals surface area (Å²) in [5.41, 5.74) is 6.79. The fourth-order valence-corrected chi connectivity index (χ4v) is 1.15. The molecule has 0 saturated carbocycles. The van der Waals surface area contributed by atoms with E-state index in [0.717, 1.165) is 5.56 Å². The zero-order valence-electron chi connectivity index (χ0n) is 7.27. The number of aliphatic hydroxyl groups is 1. The highest BCUT2D eigenvalue weighted by Crippen LogP contribution is 2.15. The van der Waals surface area contributed by atoms with E-state index in [0.29, 0.717) is 6.42 Å². The molecule has 2 heteroatoms. The van der Waals surface area contributed by atoms with E-state index in [9.17, 15) is 5.11 Å². The first-order valence-corrected chi connectivity index (χ1v) is 4.24. The minimum Gasteiger partial charge on any atom is -0.391 e. The van der Waals surface area contributed by atoms with E-state index in [1.165, 1.54) is 0 Å². The Morgan fingerprint density at radius 1 is 1.33 bits per heavy atom. The van der Waals surface area contributed by atoms with Gasteiger partial charge < -0.3 is 10.8 Å². The predicted octanol–water partition coefficient (Wildman–Crippen LogP) is 1.46. The van der Waals surface area contributed by atoms with Crippen LogP contribution in [-0.2, 0) is 0 Å². The summed E-state index contributed by atoms with van der Waals surface area (Å²) < 4.78 is 0. The summed E-state index contributed by atoms with van der Waals surface area (Å²) in [6.07, 6.45) is 0.253. The molecule has 2 atom stereocenters. The molecule has 0 saturated heterocycles. The quantitative estimate of drug-likeness (QED) is 0.712. The lowest BCUT2D eigenvalue weighted by molar-refractivity contribution is 0.140. The average molecular weight is 165 g/mol. The van der Waals surface area contributed by atoms with Crippen molar-refractivity contribution >= 4 is 0 Å². The molecule has 0 bridgehead atoms. The van der Waals surface area contributed by atoms with Crippen molar-refractivity contribution in [3.63, 3.8) is 0 Å². The van der Waals surface area contributed by atoms with Crippen molar-refractivity contribution in [2.75, 3.05) is 0 Å². The molecule has 0 amide bonds. The maximum Gasteiger partial charge on any atom is 0.0730 e. The minimum atomic E-state index is -0.438. The first-order chi connectivity index (χ1) is 5.75. The predicted molar refractivity (Wildman–Crippen MR) is 49.7 cm³/mol. The Labute approximate surface area is 73.0 Å². The number of benzene rings is 1. The van der Waals surface area contributed by atoms with Crippen molar-refractivity contribution in [3.8, 4) is 0 Å². The zero-order chi connectivity index (χ0) is 8.97. The topological polar surface area (TPSA) is 46.2 Å². The smallest absolute Gasteiger partial charge is 0.0730 e. The largest absolute Gasteiger partial charge is 0.391 e. The van der Waals surface area contributed by atoms with Gasteiger partial charge in [0, 0.05) is 0 Å². The normalized spacial score (nSPS) is 15.6. The Balaban J connectivity index is 2.71. The Bertz CT molecular complexity index is 223. The SMILES string of the molecule is CC[C@@H](O)[C@@H](N)c1ccccc1. The third-order valence-corrected chi connectivity index (χ3v) is 2.02. The summed E-state index contributed by atoms with van der Waals surface area (Å²) in [4.78, 5) is 0. The van der Waals surface area contributed by atoms with Gasteiger partial charge in [0.15, 0.2) is 0 Å². The van der Waals surface area contributed by atoms with Crippen molar-refractivity contribution < 1.29 is 5.11 Å². The molecule has 0 heterocycles. The van der Waals surface area contributed by atoms with Gasteiger partial charge in [-0.3, -0.25) is 0 Å². The first-order valence-electron chi connectivity index (χ1n) is 4.24. The van der Waals surface area contributed by atoms with Gasteiger partial charge in [0.1, 0.15) is 0 Å². The van der Waals surface area contributed by atoms with Gasteiger partial charge in [0.05, 0.1) is 12.1 Å². The van der Waals surface area contributed by atoms with Gasteiger partial charge in [-0.05, 0) is 12.0 Å². The molecule has 0 spiro atoms. The second kappa shape index (κ2) is 4.24. The standard InChI is InChI=1S/C10H15NO/c1-2-9(12)10(11)8-6-4-3-5-7-8/h3-7,9-10,12H,2,11H2,1H3/t9-,10+/m1/s1. The van der Waals surface area contributed by atoms with Crippen LogP contribution in [0, 0.1) is 0 Å². The van der Waals surface area contributed by atoms with Crippen molar-refractivity contribution in [1.29, 1.82) is 0 Å². The van der Waals surface area contributed by atoms with E-state index in [2.05, 4.69) is 0 Å². The third-order valence-electron chi connectivity index (χ3n) is 2.02. The first kappa shape index (κ1) is 9.23. The number of aliphatic hydroxyl groups excluding tert-OH is 1. The summed E-state index contributed by atoms with van der Waals surface area (Å²) in [5, 5.41) is 9.45. The summed E-state index contributed by atoms with van der Waals surface area (Å²) in [6, 6.07) is 9.41. The number of nitrogens with two attached hydrogens (primary N) is 1. The highest BCUT2D eigenvalue weighted by molar-refractivity contribution is 5.19. The molecule has 3 N–H and O–H groups in total. The van der Waals surface area contributed by atoms with Crippen LogP contribution in [0.4, 0.5) is 0 Å². The Kier molecular flexibility index (Phi) is 3.26. The van der Waals surface area contributed by atoms with Crippen molar-refractivity contribution in [1.82, 2.24) is 0 Å². The summed E-state index contributed by atoms with van der Waals surface area (Å²) >= 11 is 0. The van der Waals surface area contributed by atoms with E-state index in [1.54, 1.807) is 0 Å². The Morgan fingerprint density at radius 2 is 1.92 bits per heavy atom. The molecule has 0 aliphatic carbocycles. The maximum absolute atomic E-state index is 9.45. The number of rotatable bonds is 3. The van der Waals surface area contributed by atoms with Crippen LogP contribution in [0.2, 0.25) is 0 Å². The van der Waals surface area contributed by atoms with Crippen LogP contribution in [0.5, 0.6) is 0 Å². The summed E-state index contributed by atoms with van der Waals surface area (Å²) in [5.74, 6) is 0. The average Bonchev–Trinajstić information content (AvgIpc) is 2.17. The van der Waals surface area contributed by atoms with Gasteiger partial charge in [-0.2, -0.15) is 0 Å². The number of hydrogen-bond acceptors (Lipinski definition) is 2. The lowest BCUT2D eigenvalue weighted by Gasteiger charge is -2.17. The molecule has 0 aliphatic heterocycles. The lowest BCUT2D eigenvalue weighted by atomic mass is 10.0. The van der Waals surface area contributed by atoms with Crippen LogP contribution >= 0.6 is 0 Å². The monoisotopic (exact) mass is 165 g/mol. The second-order valence-electron chi connectivity index (χ2n) is 2.91. The molecule has 2 nitrogen and oxygen atoms in total. The van der Waals surface area contributed by atoms with Gasteiger partial charge in [-0.1, -0.05) is 37.3 Å². The summed E-state index contributed by atoms with van der Waals surface area (Å²) in [7, 11) is 0. The van der Waals surface area contributed by atoms with Gasteiger partial charge in [-0.15, -0.1) is 0 Å². The summed E-state index contributed by atoms with van der Waals surface area (Å²) in [6.45, 7) is 1.92. The third kappa shape index (κ3) is 2.06. The maximum atomic E-state index is 9.45. The van der Waals surface area contributed by atoms with Crippen molar-refractivity contribution in [3.05, 3.63) is 35.9 Å². The van der Waals surface area contributed by atoms with Crippen LogP contribution in [0.3, 0.4) is 0 Å². The lowest BCUT2D eigenvalue weighted by Crippen LogP contribution is -2.25. The van der Waals surface area contributed by atoms with Gasteiger partial charge >= 0.3 is 0 Å².